The van der Waals surface area contributed by atoms with Gasteiger partial charge in [-0.3, -0.25) is 4.99 Å². The smallest absolute Gasteiger partial charge is 0.121 e. The molecule has 1 aliphatic rings. The van der Waals surface area contributed by atoms with E-state index >= 15 is 0 Å². The first-order chi connectivity index (χ1) is 7.78. The Labute approximate surface area is 104 Å². The lowest BCUT2D eigenvalue weighted by Gasteiger charge is -2.21. The highest BCUT2D eigenvalue weighted by atomic mass is 79.9. The molecular formula is C12H13BrN2O. The summed E-state index contributed by atoms with van der Waals surface area (Å²) in [5, 5.41) is 0. The Kier molecular flexibility index (Phi) is 3.62. The standard InChI is InChI=1S/C12H13BrN2O/c1-16-11-4-2-3-10(7-11)8-15-6-5-14-12(13)9-15/h2-5,7,9H,6,8H2,1H3. The van der Waals surface area contributed by atoms with Crippen LogP contribution in [0.1, 0.15) is 5.56 Å². The summed E-state index contributed by atoms with van der Waals surface area (Å²) >= 11 is 3.37. The Morgan fingerprint density at radius 3 is 3.12 bits per heavy atom. The van der Waals surface area contributed by atoms with Gasteiger partial charge in [-0.25, -0.2) is 0 Å². The fourth-order valence-corrected chi connectivity index (χ4v) is 2.02. The van der Waals surface area contributed by atoms with Crippen molar-refractivity contribution in [3.63, 3.8) is 0 Å². The van der Waals surface area contributed by atoms with Crippen LogP contribution in [0.3, 0.4) is 0 Å². The maximum Gasteiger partial charge on any atom is 0.121 e. The van der Waals surface area contributed by atoms with Gasteiger partial charge in [-0.2, -0.15) is 0 Å². The van der Waals surface area contributed by atoms with E-state index in [1.165, 1.54) is 5.56 Å². The second kappa shape index (κ2) is 5.16. The van der Waals surface area contributed by atoms with E-state index in [1.54, 1.807) is 7.11 Å². The number of benzene rings is 1. The molecule has 0 fully saturated rings. The van der Waals surface area contributed by atoms with Gasteiger partial charge in [0.05, 0.1) is 13.7 Å². The van der Waals surface area contributed by atoms with Crippen LogP contribution in [0.2, 0.25) is 0 Å². The minimum absolute atomic E-state index is 0.840. The van der Waals surface area contributed by atoms with E-state index in [0.717, 1.165) is 23.4 Å². The number of halogens is 1. The molecule has 0 saturated carbocycles. The quantitative estimate of drug-likeness (QED) is 0.796. The number of methoxy groups -OCH3 is 1. The predicted octanol–water partition coefficient (Wildman–Crippen LogP) is 2.78. The fraction of sp³-hybridized carbons (Fsp3) is 0.250. The van der Waals surface area contributed by atoms with Gasteiger partial charge in [0.15, 0.2) is 0 Å². The summed E-state index contributed by atoms with van der Waals surface area (Å²) < 4.78 is 6.06. The zero-order valence-corrected chi connectivity index (χ0v) is 10.6. The second-order valence-electron chi connectivity index (χ2n) is 3.54. The molecule has 0 aliphatic carbocycles. The van der Waals surface area contributed by atoms with E-state index in [-0.39, 0.29) is 0 Å². The van der Waals surface area contributed by atoms with Crippen molar-refractivity contribution in [2.24, 2.45) is 4.99 Å². The fourth-order valence-electron chi connectivity index (χ4n) is 1.59. The first-order valence-corrected chi connectivity index (χ1v) is 5.84. The summed E-state index contributed by atoms with van der Waals surface area (Å²) in [5.41, 5.74) is 1.23. The van der Waals surface area contributed by atoms with Crippen molar-refractivity contribution in [1.82, 2.24) is 4.90 Å². The van der Waals surface area contributed by atoms with Gasteiger partial charge >= 0.3 is 0 Å². The average Bonchev–Trinajstić information content (AvgIpc) is 2.29. The lowest BCUT2D eigenvalue weighted by molar-refractivity contribution is 0.404. The zero-order valence-electron chi connectivity index (χ0n) is 9.06. The van der Waals surface area contributed by atoms with Crippen molar-refractivity contribution < 1.29 is 4.74 Å². The van der Waals surface area contributed by atoms with Crippen LogP contribution in [0.25, 0.3) is 0 Å². The highest BCUT2D eigenvalue weighted by molar-refractivity contribution is 9.11. The zero-order chi connectivity index (χ0) is 11.4. The van der Waals surface area contributed by atoms with Crippen LogP contribution < -0.4 is 4.74 Å². The molecule has 1 aromatic carbocycles. The van der Waals surface area contributed by atoms with Gasteiger partial charge < -0.3 is 9.64 Å². The van der Waals surface area contributed by atoms with Crippen molar-refractivity contribution in [3.05, 3.63) is 40.6 Å². The van der Waals surface area contributed by atoms with Crippen molar-refractivity contribution in [3.8, 4) is 5.75 Å². The topological polar surface area (TPSA) is 24.8 Å². The van der Waals surface area contributed by atoms with Crippen molar-refractivity contribution >= 4 is 22.1 Å². The summed E-state index contributed by atoms with van der Waals surface area (Å²) in [6.07, 6.45) is 3.89. The summed E-state index contributed by atoms with van der Waals surface area (Å²) in [4.78, 5) is 6.33. The Bertz CT molecular complexity index is 429. The minimum atomic E-state index is 0.840. The number of hydrogen-bond donors (Lipinski definition) is 0. The van der Waals surface area contributed by atoms with Crippen molar-refractivity contribution in [1.29, 1.82) is 0 Å². The van der Waals surface area contributed by atoms with E-state index < -0.39 is 0 Å². The number of rotatable bonds is 3. The molecule has 0 N–H and O–H groups in total. The lowest BCUT2D eigenvalue weighted by Crippen LogP contribution is -2.21. The minimum Gasteiger partial charge on any atom is -0.497 e. The van der Waals surface area contributed by atoms with Crippen LogP contribution in [0, 0.1) is 0 Å². The third-order valence-corrected chi connectivity index (χ3v) is 2.75. The maximum absolute atomic E-state index is 5.20. The highest BCUT2D eigenvalue weighted by Crippen LogP contribution is 2.17. The molecule has 16 heavy (non-hydrogen) atoms. The van der Waals surface area contributed by atoms with Gasteiger partial charge in [0.25, 0.3) is 0 Å². The van der Waals surface area contributed by atoms with Crippen LogP contribution in [0.15, 0.2) is 40.1 Å². The SMILES string of the molecule is COc1cccc(CN2C=C(Br)N=CC2)c1. The largest absolute Gasteiger partial charge is 0.497 e. The maximum atomic E-state index is 5.20. The summed E-state index contributed by atoms with van der Waals surface area (Å²) in [7, 11) is 1.68. The van der Waals surface area contributed by atoms with E-state index in [4.69, 9.17) is 4.74 Å². The molecule has 0 bridgehead atoms. The summed E-state index contributed by atoms with van der Waals surface area (Å²) in [6, 6.07) is 8.10. The second-order valence-corrected chi connectivity index (χ2v) is 4.36. The first kappa shape index (κ1) is 11.2. The molecule has 0 spiro atoms. The first-order valence-electron chi connectivity index (χ1n) is 5.05. The molecule has 84 valence electrons. The molecule has 0 saturated heterocycles. The van der Waals surface area contributed by atoms with E-state index in [0.29, 0.717) is 0 Å². The van der Waals surface area contributed by atoms with Gasteiger partial charge in [-0.05, 0) is 33.6 Å². The van der Waals surface area contributed by atoms with Crippen LogP contribution in [-0.2, 0) is 6.54 Å². The van der Waals surface area contributed by atoms with Crippen molar-refractivity contribution in [2.45, 2.75) is 6.54 Å². The number of ether oxygens (including phenoxy) is 1. The van der Waals surface area contributed by atoms with Crippen LogP contribution >= 0.6 is 15.9 Å². The third-order valence-electron chi connectivity index (χ3n) is 2.34. The molecule has 0 aromatic heterocycles. The van der Waals surface area contributed by atoms with Gasteiger partial charge in [-0.15, -0.1) is 0 Å². The Hall–Kier alpha value is -1.29. The van der Waals surface area contributed by atoms with Crippen LogP contribution in [0.4, 0.5) is 0 Å². The molecule has 1 heterocycles. The van der Waals surface area contributed by atoms with E-state index in [2.05, 4.69) is 31.9 Å². The Morgan fingerprint density at radius 2 is 2.38 bits per heavy atom. The van der Waals surface area contributed by atoms with Gasteiger partial charge in [0, 0.05) is 19.0 Å². The molecule has 3 nitrogen and oxygen atoms in total. The van der Waals surface area contributed by atoms with E-state index in [9.17, 15) is 0 Å². The average molecular weight is 281 g/mol. The number of hydrogen-bond acceptors (Lipinski definition) is 3. The number of aliphatic imine (C=N–C) groups is 1. The summed E-state index contributed by atoms with van der Waals surface area (Å²) in [5.74, 6) is 0.895. The molecule has 1 aromatic rings. The normalized spacial score (nSPS) is 14.9. The number of nitrogens with zero attached hydrogens (tertiary/aromatic N) is 2. The van der Waals surface area contributed by atoms with Gasteiger partial charge in [0.1, 0.15) is 10.4 Å². The summed E-state index contributed by atoms with van der Waals surface area (Å²) in [6.45, 7) is 1.70. The van der Waals surface area contributed by atoms with Crippen molar-refractivity contribution in [2.75, 3.05) is 13.7 Å². The van der Waals surface area contributed by atoms with E-state index in [1.807, 2.05) is 30.6 Å². The molecule has 4 heteroatoms. The Balaban J connectivity index is 2.06. The molecule has 0 radical (unpaired) electrons. The van der Waals surface area contributed by atoms with Crippen LogP contribution in [0.5, 0.6) is 5.75 Å². The molecule has 1 aliphatic heterocycles. The highest BCUT2D eigenvalue weighted by Gasteiger charge is 2.05. The lowest BCUT2D eigenvalue weighted by atomic mass is 10.2. The predicted molar refractivity (Wildman–Crippen MR) is 68.9 cm³/mol. The third kappa shape index (κ3) is 2.85. The molecule has 0 unspecified atom stereocenters. The molecule has 2 rings (SSSR count). The molecule has 0 amide bonds. The Morgan fingerprint density at radius 1 is 1.50 bits per heavy atom. The molecular weight excluding hydrogens is 268 g/mol. The van der Waals surface area contributed by atoms with Gasteiger partial charge in [-0.1, -0.05) is 12.1 Å². The monoisotopic (exact) mass is 280 g/mol. The van der Waals surface area contributed by atoms with Gasteiger partial charge in [0.2, 0.25) is 0 Å². The van der Waals surface area contributed by atoms with Crippen LogP contribution in [-0.4, -0.2) is 24.8 Å². The molecule has 0 atom stereocenters.